The Labute approximate surface area is 102 Å². The highest BCUT2D eigenvalue weighted by molar-refractivity contribution is 5.83. The van der Waals surface area contributed by atoms with E-state index in [-0.39, 0.29) is 5.91 Å². The number of likely N-dealkylation sites (N-methyl/N-ethyl adjacent to an activating group) is 1. The molecule has 0 aromatic heterocycles. The highest BCUT2D eigenvalue weighted by atomic mass is 16.2. The van der Waals surface area contributed by atoms with E-state index in [2.05, 4.69) is 4.90 Å². The molecule has 0 saturated heterocycles. The molecule has 0 saturated carbocycles. The van der Waals surface area contributed by atoms with Gasteiger partial charge in [0.25, 0.3) is 0 Å². The second-order valence-corrected chi connectivity index (χ2v) is 4.42. The molecular formula is C13H19N3O. The Kier molecular flexibility index (Phi) is 3.22. The first kappa shape index (κ1) is 11.8. The van der Waals surface area contributed by atoms with E-state index < -0.39 is 0 Å². The molecule has 0 radical (unpaired) electrons. The van der Waals surface area contributed by atoms with Gasteiger partial charge in [-0.3, -0.25) is 4.79 Å². The fourth-order valence-electron chi connectivity index (χ4n) is 2.15. The van der Waals surface area contributed by atoms with E-state index in [0.717, 1.165) is 30.9 Å². The number of rotatable bonds is 3. The van der Waals surface area contributed by atoms with Crippen LogP contribution >= 0.6 is 0 Å². The van der Waals surface area contributed by atoms with E-state index in [0.29, 0.717) is 6.54 Å². The SMILES string of the molecule is CCN(C)C(=O)CN1CCc2c(N)cccc21. The van der Waals surface area contributed by atoms with E-state index in [1.807, 2.05) is 32.2 Å². The molecule has 1 aliphatic heterocycles. The Hall–Kier alpha value is -1.71. The van der Waals surface area contributed by atoms with Gasteiger partial charge >= 0.3 is 0 Å². The number of fused-ring (bicyclic) bond motifs is 1. The first-order valence-electron chi connectivity index (χ1n) is 5.99. The summed E-state index contributed by atoms with van der Waals surface area (Å²) in [4.78, 5) is 15.7. The van der Waals surface area contributed by atoms with E-state index in [9.17, 15) is 4.79 Å². The summed E-state index contributed by atoms with van der Waals surface area (Å²) in [6, 6.07) is 5.90. The smallest absolute Gasteiger partial charge is 0.241 e. The van der Waals surface area contributed by atoms with Gasteiger partial charge in [-0.2, -0.15) is 0 Å². The van der Waals surface area contributed by atoms with Crippen LogP contribution in [0.5, 0.6) is 0 Å². The Morgan fingerprint density at radius 3 is 3.00 bits per heavy atom. The van der Waals surface area contributed by atoms with Crippen LogP contribution in [-0.4, -0.2) is 37.5 Å². The summed E-state index contributed by atoms with van der Waals surface area (Å²) >= 11 is 0. The maximum atomic E-state index is 11.9. The van der Waals surface area contributed by atoms with Crippen molar-refractivity contribution in [2.75, 3.05) is 37.3 Å². The summed E-state index contributed by atoms with van der Waals surface area (Å²) in [5, 5.41) is 0. The Morgan fingerprint density at radius 1 is 1.53 bits per heavy atom. The molecule has 1 aromatic carbocycles. The fraction of sp³-hybridized carbons (Fsp3) is 0.462. The van der Waals surface area contributed by atoms with Crippen molar-refractivity contribution in [1.29, 1.82) is 0 Å². The van der Waals surface area contributed by atoms with Crippen molar-refractivity contribution in [2.45, 2.75) is 13.3 Å². The number of nitrogens with zero attached hydrogens (tertiary/aromatic N) is 2. The number of nitrogens with two attached hydrogens (primary N) is 1. The van der Waals surface area contributed by atoms with Gasteiger partial charge in [-0.05, 0) is 25.5 Å². The first-order valence-corrected chi connectivity index (χ1v) is 5.99. The number of carbonyl (C=O) groups is 1. The third-order valence-corrected chi connectivity index (χ3v) is 3.39. The minimum absolute atomic E-state index is 0.155. The summed E-state index contributed by atoms with van der Waals surface area (Å²) in [6.45, 7) is 4.05. The molecule has 4 heteroatoms. The van der Waals surface area contributed by atoms with Crippen molar-refractivity contribution in [3.8, 4) is 0 Å². The molecule has 0 bridgehead atoms. The van der Waals surface area contributed by atoms with Crippen LogP contribution in [0.15, 0.2) is 18.2 Å². The van der Waals surface area contributed by atoms with Crippen molar-refractivity contribution < 1.29 is 4.79 Å². The maximum absolute atomic E-state index is 11.9. The minimum Gasteiger partial charge on any atom is -0.398 e. The van der Waals surface area contributed by atoms with Crippen LogP contribution in [0.4, 0.5) is 11.4 Å². The van der Waals surface area contributed by atoms with Crippen molar-refractivity contribution >= 4 is 17.3 Å². The maximum Gasteiger partial charge on any atom is 0.241 e. The van der Waals surface area contributed by atoms with E-state index in [1.54, 1.807) is 4.90 Å². The molecule has 1 aromatic rings. The minimum atomic E-state index is 0.155. The summed E-state index contributed by atoms with van der Waals surface area (Å²) < 4.78 is 0. The molecule has 0 atom stereocenters. The lowest BCUT2D eigenvalue weighted by atomic mass is 10.1. The first-order chi connectivity index (χ1) is 8.13. The van der Waals surface area contributed by atoms with E-state index in [1.165, 1.54) is 5.56 Å². The van der Waals surface area contributed by atoms with Gasteiger partial charge in [0.2, 0.25) is 5.91 Å². The number of hydrogen-bond donors (Lipinski definition) is 1. The molecule has 1 heterocycles. The zero-order valence-corrected chi connectivity index (χ0v) is 10.4. The zero-order valence-electron chi connectivity index (χ0n) is 10.4. The van der Waals surface area contributed by atoms with Gasteiger partial charge in [0.05, 0.1) is 6.54 Å². The monoisotopic (exact) mass is 233 g/mol. The molecule has 1 amide bonds. The summed E-state index contributed by atoms with van der Waals surface area (Å²) in [7, 11) is 1.83. The van der Waals surface area contributed by atoms with Crippen LogP contribution in [0.2, 0.25) is 0 Å². The molecule has 92 valence electrons. The Balaban J connectivity index is 2.12. The van der Waals surface area contributed by atoms with Crippen LogP contribution in [0, 0.1) is 0 Å². The van der Waals surface area contributed by atoms with Crippen LogP contribution in [0.3, 0.4) is 0 Å². The highest BCUT2D eigenvalue weighted by Crippen LogP contribution is 2.31. The van der Waals surface area contributed by atoms with Gasteiger partial charge in [0.15, 0.2) is 0 Å². The molecule has 2 rings (SSSR count). The predicted octanol–water partition coefficient (Wildman–Crippen LogP) is 1.11. The second-order valence-electron chi connectivity index (χ2n) is 4.42. The molecule has 0 fully saturated rings. The van der Waals surface area contributed by atoms with Gasteiger partial charge < -0.3 is 15.5 Å². The van der Waals surface area contributed by atoms with Gasteiger partial charge in [0, 0.05) is 37.1 Å². The van der Waals surface area contributed by atoms with Crippen molar-refractivity contribution in [3.05, 3.63) is 23.8 Å². The standard InChI is InChI=1S/C13H19N3O/c1-3-15(2)13(17)9-16-8-7-10-11(14)5-4-6-12(10)16/h4-6H,3,7-9,14H2,1-2H3. The normalized spacial score (nSPS) is 13.6. The Bertz CT molecular complexity index is 431. The van der Waals surface area contributed by atoms with Crippen molar-refractivity contribution in [2.24, 2.45) is 0 Å². The van der Waals surface area contributed by atoms with Crippen LogP contribution in [-0.2, 0) is 11.2 Å². The van der Waals surface area contributed by atoms with Gasteiger partial charge in [-0.1, -0.05) is 6.07 Å². The molecule has 17 heavy (non-hydrogen) atoms. The highest BCUT2D eigenvalue weighted by Gasteiger charge is 2.23. The number of carbonyl (C=O) groups excluding carboxylic acids is 1. The molecule has 0 unspecified atom stereocenters. The van der Waals surface area contributed by atoms with E-state index in [4.69, 9.17) is 5.73 Å². The molecule has 0 spiro atoms. The zero-order chi connectivity index (χ0) is 12.4. The quantitative estimate of drug-likeness (QED) is 0.796. The fourth-order valence-corrected chi connectivity index (χ4v) is 2.15. The molecular weight excluding hydrogens is 214 g/mol. The average molecular weight is 233 g/mol. The lowest BCUT2D eigenvalue weighted by Crippen LogP contribution is -2.37. The third kappa shape index (κ3) is 2.20. The number of amides is 1. The molecule has 4 nitrogen and oxygen atoms in total. The third-order valence-electron chi connectivity index (χ3n) is 3.39. The van der Waals surface area contributed by atoms with Crippen LogP contribution in [0.1, 0.15) is 12.5 Å². The number of hydrogen-bond acceptors (Lipinski definition) is 3. The van der Waals surface area contributed by atoms with Crippen molar-refractivity contribution in [3.63, 3.8) is 0 Å². The lowest BCUT2D eigenvalue weighted by Gasteiger charge is -2.22. The number of nitrogen functional groups attached to an aromatic ring is 1. The topological polar surface area (TPSA) is 49.6 Å². The second kappa shape index (κ2) is 4.65. The molecule has 1 aliphatic rings. The van der Waals surface area contributed by atoms with Gasteiger partial charge in [-0.25, -0.2) is 0 Å². The Morgan fingerprint density at radius 2 is 2.29 bits per heavy atom. The number of benzene rings is 1. The van der Waals surface area contributed by atoms with Gasteiger partial charge in [-0.15, -0.1) is 0 Å². The van der Waals surface area contributed by atoms with Crippen LogP contribution in [0.25, 0.3) is 0 Å². The molecule has 0 aliphatic carbocycles. The predicted molar refractivity (Wildman–Crippen MR) is 70.1 cm³/mol. The van der Waals surface area contributed by atoms with E-state index >= 15 is 0 Å². The number of anilines is 2. The largest absolute Gasteiger partial charge is 0.398 e. The van der Waals surface area contributed by atoms with Crippen molar-refractivity contribution in [1.82, 2.24) is 4.90 Å². The van der Waals surface area contributed by atoms with Gasteiger partial charge in [0.1, 0.15) is 0 Å². The lowest BCUT2D eigenvalue weighted by molar-refractivity contribution is -0.128. The summed E-state index contributed by atoms with van der Waals surface area (Å²) in [6.07, 6.45) is 0.936. The van der Waals surface area contributed by atoms with Crippen LogP contribution < -0.4 is 10.6 Å². The summed E-state index contributed by atoms with van der Waals surface area (Å²) in [5.74, 6) is 0.155. The molecule has 2 N–H and O–H groups in total. The summed E-state index contributed by atoms with van der Waals surface area (Å²) in [5.41, 5.74) is 9.06. The average Bonchev–Trinajstić information content (AvgIpc) is 2.73.